The molecular weight excluding hydrogens is 526 g/mol. The average Bonchev–Trinajstić information content (AvgIpc) is 3.13. The number of phosphoric ester groups is 1. The second kappa shape index (κ2) is 12.3. The van der Waals surface area contributed by atoms with E-state index in [1.54, 1.807) is 12.1 Å². The van der Waals surface area contributed by atoms with Gasteiger partial charge in [0.25, 0.3) is 0 Å². The van der Waals surface area contributed by atoms with Gasteiger partial charge in [-0.05, 0) is 30.3 Å². The second-order valence-corrected chi connectivity index (χ2v) is 11.0. The number of carbonyl (C=O) groups is 1. The molecule has 1 aromatic heterocycles. The van der Waals surface area contributed by atoms with Crippen LogP contribution >= 0.6 is 7.82 Å². The molecule has 0 radical (unpaired) electrons. The van der Waals surface area contributed by atoms with E-state index in [-0.39, 0.29) is 88.4 Å². The third-order valence-corrected chi connectivity index (χ3v) is 7.36. The Bertz CT molecular complexity index is 1200. The maximum absolute atomic E-state index is 14.8. The predicted octanol–water partition coefficient (Wildman–Crippen LogP) is -5.70. The molecule has 0 N–H and O–H groups in total. The van der Waals surface area contributed by atoms with Crippen molar-refractivity contribution in [3.8, 4) is 11.1 Å². The van der Waals surface area contributed by atoms with Crippen LogP contribution in [0.4, 0.5) is 20.7 Å². The van der Waals surface area contributed by atoms with E-state index in [1.165, 1.54) is 18.3 Å². The molecule has 11 nitrogen and oxygen atoms in total. The van der Waals surface area contributed by atoms with Crippen LogP contribution in [0.15, 0.2) is 36.5 Å². The van der Waals surface area contributed by atoms with Gasteiger partial charge in [-0.1, -0.05) is 0 Å². The fraction of sp³-hybridized carbons (Fsp3) is 0.368. The van der Waals surface area contributed by atoms with E-state index in [2.05, 4.69) is 9.51 Å². The summed E-state index contributed by atoms with van der Waals surface area (Å²) in [6, 6.07) is 7.46. The number of hydrogen-bond acceptors (Lipinski definition) is 10. The Labute approximate surface area is 245 Å². The molecule has 1 aromatic carbocycles. The Morgan fingerprint density at radius 1 is 1.17 bits per heavy atom. The first-order valence-corrected chi connectivity index (χ1v) is 13.1. The molecule has 0 aliphatic carbocycles. The minimum atomic E-state index is -5.20. The fourth-order valence-electron chi connectivity index (χ4n) is 3.57. The van der Waals surface area contributed by atoms with Gasteiger partial charge in [0.1, 0.15) is 17.7 Å². The van der Waals surface area contributed by atoms with Gasteiger partial charge >= 0.3 is 65.2 Å². The maximum atomic E-state index is 14.8. The summed E-state index contributed by atoms with van der Waals surface area (Å²) in [6.07, 6.45) is -0.326. The van der Waals surface area contributed by atoms with Crippen LogP contribution in [0.2, 0.25) is 0 Å². The van der Waals surface area contributed by atoms with Crippen molar-refractivity contribution in [2.45, 2.75) is 6.10 Å². The van der Waals surface area contributed by atoms with Gasteiger partial charge in [-0.25, -0.2) is 22.6 Å². The first-order valence-electron chi connectivity index (χ1n) is 9.87. The number of aromatic nitrogens is 1. The zero-order valence-electron chi connectivity index (χ0n) is 19.1. The molecule has 2 aromatic rings. The summed E-state index contributed by atoms with van der Waals surface area (Å²) in [7, 11) is -8.21. The molecular formula is C19H19FN3Na2O8PS. The van der Waals surface area contributed by atoms with Crippen LogP contribution in [-0.4, -0.2) is 63.3 Å². The summed E-state index contributed by atoms with van der Waals surface area (Å²) in [5.41, 5.74) is 0.921. The standard InChI is InChI=1S/C19H21FN3O8PS.2Na/c20-17-9-14(23-11-15(31-19(23)24)12-30-32(25,26)27)2-3-16(17)13-1-4-18(21-10-13)22-5-7-33(28,29)8-6-22;;/h1-4,9-10,15H,5-8,11-12H2,(H2,25,26,27);;/q;2*+1/p-2/t15-;;/m1../s1. The van der Waals surface area contributed by atoms with Crippen molar-refractivity contribution in [3.05, 3.63) is 42.3 Å². The summed E-state index contributed by atoms with van der Waals surface area (Å²) in [5, 5.41) is 0. The topological polar surface area (TPSA) is 152 Å². The van der Waals surface area contributed by atoms with E-state index in [0.717, 1.165) is 11.0 Å². The predicted molar refractivity (Wildman–Crippen MR) is 112 cm³/mol. The van der Waals surface area contributed by atoms with Crippen molar-refractivity contribution in [3.63, 3.8) is 0 Å². The molecule has 3 heterocycles. The van der Waals surface area contributed by atoms with Crippen LogP contribution in [0.5, 0.6) is 0 Å². The van der Waals surface area contributed by atoms with E-state index in [9.17, 15) is 32.0 Å². The third-order valence-electron chi connectivity index (χ3n) is 5.28. The Balaban J connectivity index is 0.00000216. The quantitative estimate of drug-likeness (QED) is 0.254. The Morgan fingerprint density at radius 2 is 1.86 bits per heavy atom. The van der Waals surface area contributed by atoms with Gasteiger partial charge in [-0.3, -0.25) is 4.90 Å². The van der Waals surface area contributed by atoms with Gasteiger partial charge in [0.2, 0.25) is 0 Å². The molecule has 0 unspecified atom stereocenters. The van der Waals surface area contributed by atoms with E-state index < -0.39 is 42.3 Å². The number of pyridine rings is 1. The van der Waals surface area contributed by atoms with E-state index in [1.807, 2.05) is 4.90 Å². The van der Waals surface area contributed by atoms with Crippen molar-refractivity contribution in [2.75, 3.05) is 47.5 Å². The number of halogens is 1. The van der Waals surface area contributed by atoms with Crippen molar-refractivity contribution < 1.29 is 100 Å². The Hall–Kier alpha value is -0.570. The zero-order chi connectivity index (χ0) is 23.8. The van der Waals surface area contributed by atoms with Crippen LogP contribution in [0, 0.1) is 5.82 Å². The number of carbonyl (C=O) groups excluding carboxylic acids is 1. The molecule has 178 valence electrons. The molecule has 16 heteroatoms. The number of ether oxygens (including phenoxy) is 1. The second-order valence-electron chi connectivity index (χ2n) is 7.57. The summed E-state index contributed by atoms with van der Waals surface area (Å²) in [5.74, 6) is 0.0959. The Morgan fingerprint density at radius 3 is 2.43 bits per heavy atom. The summed E-state index contributed by atoms with van der Waals surface area (Å²) in [6.45, 7) is -0.0404. The van der Waals surface area contributed by atoms with Crippen LogP contribution in [0.3, 0.4) is 0 Å². The number of anilines is 2. The molecule has 0 bridgehead atoms. The smallest absolute Gasteiger partial charge is 0.790 e. The minimum absolute atomic E-state index is 0. The monoisotopic (exact) mass is 545 g/mol. The molecule has 2 aliphatic heterocycles. The van der Waals surface area contributed by atoms with Crippen LogP contribution in [0.1, 0.15) is 0 Å². The van der Waals surface area contributed by atoms with Crippen molar-refractivity contribution in [1.29, 1.82) is 0 Å². The number of sulfone groups is 1. The molecule has 2 aliphatic rings. The number of amides is 1. The minimum Gasteiger partial charge on any atom is -0.790 e. The average molecular weight is 545 g/mol. The number of rotatable bonds is 6. The molecule has 2 saturated heterocycles. The normalized spacial score (nSPS) is 19.5. The van der Waals surface area contributed by atoms with Gasteiger partial charge in [0, 0.05) is 30.4 Å². The van der Waals surface area contributed by atoms with Crippen molar-refractivity contribution in [2.24, 2.45) is 0 Å². The van der Waals surface area contributed by atoms with E-state index in [0.29, 0.717) is 24.5 Å². The summed E-state index contributed by atoms with van der Waals surface area (Å²) in [4.78, 5) is 40.5. The molecule has 0 saturated carbocycles. The summed E-state index contributed by atoms with van der Waals surface area (Å²) < 4.78 is 57.7. The van der Waals surface area contributed by atoms with Gasteiger partial charge in [0.15, 0.2) is 9.84 Å². The van der Waals surface area contributed by atoms with Gasteiger partial charge in [-0.2, -0.15) is 0 Å². The summed E-state index contributed by atoms with van der Waals surface area (Å²) >= 11 is 0. The van der Waals surface area contributed by atoms with Gasteiger partial charge in [0.05, 0.1) is 38.2 Å². The SMILES string of the molecule is O=C1O[C@@H](COP(=O)([O-])[O-])CN1c1ccc(-c2ccc(N3CCS(=O)(=O)CC3)nc2)c(F)c1.[Na+].[Na+]. The largest absolute Gasteiger partial charge is 1.00 e. The fourth-order valence-corrected chi connectivity index (χ4v) is 5.12. The van der Waals surface area contributed by atoms with Crippen LogP contribution in [0.25, 0.3) is 11.1 Å². The number of hydrogen-bond donors (Lipinski definition) is 0. The molecule has 1 atom stereocenters. The van der Waals surface area contributed by atoms with Gasteiger partial charge in [-0.15, -0.1) is 0 Å². The number of nitrogens with zero attached hydrogens (tertiary/aromatic N) is 3. The first kappa shape index (κ1) is 30.7. The number of phosphoric acid groups is 1. The number of cyclic esters (lactones) is 1. The molecule has 1 amide bonds. The molecule has 4 rings (SSSR count). The van der Waals surface area contributed by atoms with E-state index >= 15 is 0 Å². The Kier molecular flexibility index (Phi) is 10.8. The van der Waals surface area contributed by atoms with Crippen LogP contribution in [-0.2, 0) is 23.7 Å². The number of benzene rings is 1. The molecule has 35 heavy (non-hydrogen) atoms. The van der Waals surface area contributed by atoms with E-state index in [4.69, 9.17) is 4.74 Å². The maximum Gasteiger partial charge on any atom is 1.00 e. The van der Waals surface area contributed by atoms with Crippen molar-refractivity contribution >= 4 is 35.3 Å². The first-order chi connectivity index (χ1) is 15.5. The molecule has 2 fully saturated rings. The third kappa shape index (κ3) is 7.96. The van der Waals surface area contributed by atoms with Gasteiger partial charge < -0.3 is 28.5 Å². The van der Waals surface area contributed by atoms with Crippen LogP contribution < -0.4 is 78.7 Å². The zero-order valence-corrected chi connectivity index (χ0v) is 24.8. The van der Waals surface area contributed by atoms with Crippen molar-refractivity contribution in [1.82, 2.24) is 4.98 Å². The molecule has 0 spiro atoms.